The molecule has 16 heavy (non-hydrogen) atoms. The van der Waals surface area contributed by atoms with Crippen LogP contribution in [-0.4, -0.2) is 27.4 Å². The van der Waals surface area contributed by atoms with E-state index in [-0.39, 0.29) is 0 Å². The van der Waals surface area contributed by atoms with Crippen molar-refractivity contribution < 1.29 is 14.2 Å². The van der Waals surface area contributed by atoms with Crippen LogP contribution in [0.5, 0.6) is 11.5 Å². The zero-order chi connectivity index (χ0) is 12.0. The standard InChI is InChI=1S/C12H17ClO3/c1-9-7-12(16-6-4-5-14-2)11(15-3)8-10(9)13/h7-8H,4-6H2,1-3H3. The second-order valence-corrected chi connectivity index (χ2v) is 3.85. The number of ether oxygens (including phenoxy) is 3. The molecule has 0 aliphatic rings. The number of methoxy groups -OCH3 is 2. The molecule has 0 saturated carbocycles. The normalized spacial score (nSPS) is 10.2. The molecule has 0 aromatic heterocycles. The van der Waals surface area contributed by atoms with E-state index in [0.29, 0.717) is 24.0 Å². The topological polar surface area (TPSA) is 27.7 Å². The smallest absolute Gasteiger partial charge is 0.162 e. The molecule has 1 aromatic carbocycles. The van der Waals surface area contributed by atoms with Crippen LogP contribution in [0.4, 0.5) is 0 Å². The van der Waals surface area contributed by atoms with Gasteiger partial charge in [-0.3, -0.25) is 0 Å². The molecule has 1 rings (SSSR count). The van der Waals surface area contributed by atoms with E-state index in [1.807, 2.05) is 13.0 Å². The number of halogens is 1. The molecule has 0 radical (unpaired) electrons. The first kappa shape index (κ1) is 13.1. The Morgan fingerprint density at radius 2 is 1.88 bits per heavy atom. The summed E-state index contributed by atoms with van der Waals surface area (Å²) in [6, 6.07) is 3.65. The van der Waals surface area contributed by atoms with E-state index in [2.05, 4.69) is 0 Å². The first-order valence-corrected chi connectivity index (χ1v) is 5.52. The van der Waals surface area contributed by atoms with E-state index >= 15 is 0 Å². The van der Waals surface area contributed by atoms with E-state index in [1.165, 1.54) is 0 Å². The maximum absolute atomic E-state index is 5.99. The maximum atomic E-state index is 5.99. The van der Waals surface area contributed by atoms with Gasteiger partial charge in [0.25, 0.3) is 0 Å². The van der Waals surface area contributed by atoms with Gasteiger partial charge >= 0.3 is 0 Å². The zero-order valence-corrected chi connectivity index (χ0v) is 10.6. The van der Waals surface area contributed by atoms with Gasteiger partial charge < -0.3 is 14.2 Å². The Labute approximate surface area is 101 Å². The van der Waals surface area contributed by atoms with Crippen LogP contribution < -0.4 is 9.47 Å². The Kier molecular flexibility index (Phi) is 5.43. The van der Waals surface area contributed by atoms with Crippen molar-refractivity contribution in [2.75, 3.05) is 27.4 Å². The minimum atomic E-state index is 0.602. The first-order valence-electron chi connectivity index (χ1n) is 5.15. The number of benzene rings is 1. The van der Waals surface area contributed by atoms with Gasteiger partial charge in [-0.1, -0.05) is 11.6 Å². The van der Waals surface area contributed by atoms with Crippen molar-refractivity contribution in [3.8, 4) is 11.5 Å². The second kappa shape index (κ2) is 6.61. The largest absolute Gasteiger partial charge is 0.493 e. The molecule has 0 fully saturated rings. The van der Waals surface area contributed by atoms with Crippen molar-refractivity contribution >= 4 is 11.6 Å². The SMILES string of the molecule is COCCCOc1cc(C)c(Cl)cc1OC. The molecule has 0 unspecified atom stereocenters. The fourth-order valence-electron chi connectivity index (χ4n) is 1.29. The van der Waals surface area contributed by atoms with E-state index in [0.717, 1.165) is 17.7 Å². The average Bonchev–Trinajstić information content (AvgIpc) is 2.28. The lowest BCUT2D eigenvalue weighted by Crippen LogP contribution is -2.02. The molecular weight excluding hydrogens is 228 g/mol. The number of rotatable bonds is 6. The fraction of sp³-hybridized carbons (Fsp3) is 0.500. The van der Waals surface area contributed by atoms with Crippen LogP contribution in [0.1, 0.15) is 12.0 Å². The van der Waals surface area contributed by atoms with Gasteiger partial charge in [-0.15, -0.1) is 0 Å². The quantitative estimate of drug-likeness (QED) is 0.720. The van der Waals surface area contributed by atoms with Crippen LogP contribution in [0, 0.1) is 6.92 Å². The van der Waals surface area contributed by atoms with Crippen molar-refractivity contribution in [1.82, 2.24) is 0 Å². The summed E-state index contributed by atoms with van der Waals surface area (Å²) in [5.41, 5.74) is 0.976. The summed E-state index contributed by atoms with van der Waals surface area (Å²) in [7, 11) is 3.27. The lowest BCUT2D eigenvalue weighted by Gasteiger charge is -2.12. The number of hydrogen-bond acceptors (Lipinski definition) is 3. The van der Waals surface area contributed by atoms with Gasteiger partial charge in [0, 0.05) is 31.2 Å². The molecule has 0 saturated heterocycles. The highest BCUT2D eigenvalue weighted by molar-refractivity contribution is 6.31. The maximum Gasteiger partial charge on any atom is 0.162 e. The second-order valence-electron chi connectivity index (χ2n) is 3.45. The molecular formula is C12H17ClO3. The highest BCUT2D eigenvalue weighted by atomic mass is 35.5. The van der Waals surface area contributed by atoms with Gasteiger partial charge in [0.1, 0.15) is 0 Å². The average molecular weight is 245 g/mol. The molecule has 1 aromatic rings. The summed E-state index contributed by atoms with van der Waals surface area (Å²) in [4.78, 5) is 0. The third kappa shape index (κ3) is 3.58. The van der Waals surface area contributed by atoms with Gasteiger partial charge in [-0.2, -0.15) is 0 Å². The molecule has 0 heterocycles. The molecule has 0 spiro atoms. The Morgan fingerprint density at radius 3 is 2.50 bits per heavy atom. The van der Waals surface area contributed by atoms with E-state index < -0.39 is 0 Å². The molecule has 0 bridgehead atoms. The highest BCUT2D eigenvalue weighted by Crippen LogP contribution is 2.32. The van der Waals surface area contributed by atoms with Gasteiger partial charge in [0.2, 0.25) is 0 Å². The van der Waals surface area contributed by atoms with E-state index in [9.17, 15) is 0 Å². The highest BCUT2D eigenvalue weighted by Gasteiger charge is 2.07. The summed E-state index contributed by atoms with van der Waals surface area (Å²) >= 11 is 5.99. The van der Waals surface area contributed by atoms with Crippen molar-refractivity contribution in [3.63, 3.8) is 0 Å². The van der Waals surface area contributed by atoms with Crippen molar-refractivity contribution in [3.05, 3.63) is 22.7 Å². The summed E-state index contributed by atoms with van der Waals surface area (Å²) in [5, 5.41) is 0.682. The predicted octanol–water partition coefficient (Wildman–Crippen LogP) is 3.07. The van der Waals surface area contributed by atoms with Crippen LogP contribution in [-0.2, 0) is 4.74 Å². The van der Waals surface area contributed by atoms with Gasteiger partial charge in [-0.05, 0) is 18.6 Å². The van der Waals surface area contributed by atoms with Gasteiger partial charge in [-0.25, -0.2) is 0 Å². The van der Waals surface area contributed by atoms with Crippen LogP contribution >= 0.6 is 11.6 Å². The van der Waals surface area contributed by atoms with Gasteiger partial charge in [0.15, 0.2) is 11.5 Å². The van der Waals surface area contributed by atoms with Crippen LogP contribution in [0.3, 0.4) is 0 Å². The Morgan fingerprint density at radius 1 is 1.12 bits per heavy atom. The zero-order valence-electron chi connectivity index (χ0n) is 9.88. The van der Waals surface area contributed by atoms with Crippen LogP contribution in [0.2, 0.25) is 5.02 Å². The third-order valence-corrected chi connectivity index (χ3v) is 2.60. The van der Waals surface area contributed by atoms with E-state index in [4.69, 9.17) is 25.8 Å². The van der Waals surface area contributed by atoms with Crippen molar-refractivity contribution in [1.29, 1.82) is 0 Å². The summed E-state index contributed by atoms with van der Waals surface area (Å²) < 4.78 is 15.7. The van der Waals surface area contributed by atoms with Crippen LogP contribution in [0.15, 0.2) is 12.1 Å². The molecule has 0 aliphatic carbocycles. The third-order valence-electron chi connectivity index (χ3n) is 2.20. The monoisotopic (exact) mass is 244 g/mol. The lowest BCUT2D eigenvalue weighted by molar-refractivity contribution is 0.170. The molecule has 0 N–H and O–H groups in total. The molecule has 3 nitrogen and oxygen atoms in total. The predicted molar refractivity (Wildman–Crippen MR) is 64.7 cm³/mol. The molecule has 0 aliphatic heterocycles. The Bertz CT molecular complexity index is 339. The van der Waals surface area contributed by atoms with Crippen LogP contribution in [0.25, 0.3) is 0 Å². The van der Waals surface area contributed by atoms with Gasteiger partial charge in [0.05, 0.1) is 13.7 Å². The van der Waals surface area contributed by atoms with Crippen molar-refractivity contribution in [2.24, 2.45) is 0 Å². The molecule has 0 atom stereocenters. The number of aryl methyl sites for hydroxylation is 1. The molecule has 90 valence electrons. The summed E-state index contributed by atoms with van der Waals surface area (Å²) in [5.74, 6) is 1.38. The Hall–Kier alpha value is -0.930. The minimum Gasteiger partial charge on any atom is -0.493 e. The molecule has 4 heteroatoms. The first-order chi connectivity index (χ1) is 7.69. The summed E-state index contributed by atoms with van der Waals surface area (Å²) in [6.07, 6.45) is 0.849. The fourth-order valence-corrected chi connectivity index (χ4v) is 1.45. The van der Waals surface area contributed by atoms with E-state index in [1.54, 1.807) is 20.3 Å². The lowest BCUT2D eigenvalue weighted by atomic mass is 10.2. The minimum absolute atomic E-state index is 0.602. The Balaban J connectivity index is 2.66. The molecule has 0 amide bonds. The summed E-state index contributed by atoms with van der Waals surface area (Å²) in [6.45, 7) is 3.23. The number of hydrogen-bond donors (Lipinski definition) is 0. The van der Waals surface area contributed by atoms with Crippen molar-refractivity contribution in [2.45, 2.75) is 13.3 Å².